The maximum atomic E-state index is 10.1. The van der Waals surface area contributed by atoms with E-state index >= 15 is 0 Å². The van der Waals surface area contributed by atoms with Crippen molar-refractivity contribution in [2.24, 2.45) is 0 Å². The molecule has 0 saturated carbocycles. The summed E-state index contributed by atoms with van der Waals surface area (Å²) < 4.78 is 0. The molecule has 0 aromatic heterocycles. The van der Waals surface area contributed by atoms with Crippen molar-refractivity contribution in [3.8, 4) is 12.1 Å². The van der Waals surface area contributed by atoms with Crippen LogP contribution in [0.2, 0.25) is 19.6 Å². The molecule has 130 valence electrons. The predicted molar refractivity (Wildman–Crippen MR) is 109 cm³/mol. The smallest absolute Gasteiger partial charge is 0.0994 e. The van der Waals surface area contributed by atoms with Crippen LogP contribution >= 0.6 is 0 Å². The number of nitriles is 2. The molecule has 26 heavy (non-hydrogen) atoms. The van der Waals surface area contributed by atoms with Gasteiger partial charge in [-0.3, -0.25) is 0 Å². The molecule has 0 aliphatic heterocycles. The third-order valence-corrected chi connectivity index (χ3v) is 6.45. The second-order valence-electron chi connectivity index (χ2n) is 8.40. The van der Waals surface area contributed by atoms with Crippen LogP contribution in [0.4, 0.5) is 0 Å². The molecule has 0 fully saturated rings. The Bertz CT molecular complexity index is 920. The molecule has 0 amide bonds. The maximum absolute atomic E-state index is 10.1. The Labute approximate surface area is 157 Å². The third kappa shape index (κ3) is 3.64. The lowest BCUT2D eigenvalue weighted by Gasteiger charge is -2.31. The highest BCUT2D eigenvalue weighted by atomic mass is 28.3. The van der Waals surface area contributed by atoms with Crippen LogP contribution in [-0.2, 0) is 17.9 Å². The summed E-state index contributed by atoms with van der Waals surface area (Å²) in [6, 6.07) is 22.6. The van der Waals surface area contributed by atoms with Crippen molar-refractivity contribution in [3.05, 3.63) is 76.9 Å². The van der Waals surface area contributed by atoms with E-state index in [1.807, 2.05) is 30.3 Å². The Hall–Kier alpha value is -2.62. The van der Waals surface area contributed by atoms with E-state index in [0.29, 0.717) is 18.4 Å². The van der Waals surface area contributed by atoms with Gasteiger partial charge in [-0.05, 0) is 35.6 Å². The Kier molecular flexibility index (Phi) is 4.85. The molecule has 2 aromatic rings. The van der Waals surface area contributed by atoms with Gasteiger partial charge in [0.25, 0.3) is 0 Å². The molecule has 0 bridgehead atoms. The van der Waals surface area contributed by atoms with E-state index in [0.717, 1.165) is 11.1 Å². The normalized spacial score (nSPS) is 19.0. The summed E-state index contributed by atoms with van der Waals surface area (Å²) in [4.78, 5) is 0. The Morgan fingerprint density at radius 1 is 0.962 bits per heavy atom. The highest BCUT2D eigenvalue weighted by molar-refractivity contribution is 6.75. The molecule has 0 N–H and O–H groups in total. The Morgan fingerprint density at radius 3 is 2.23 bits per heavy atom. The topological polar surface area (TPSA) is 47.6 Å². The minimum Gasteiger partial charge on any atom is -0.197 e. The first-order valence-corrected chi connectivity index (χ1v) is 12.8. The van der Waals surface area contributed by atoms with Gasteiger partial charge in [0.15, 0.2) is 0 Å². The van der Waals surface area contributed by atoms with E-state index in [1.54, 1.807) is 0 Å². The number of nitrogens with zero attached hydrogens (tertiary/aromatic N) is 2. The van der Waals surface area contributed by atoms with Crippen LogP contribution in [0.5, 0.6) is 0 Å². The molecule has 3 rings (SSSR count). The monoisotopic (exact) mass is 356 g/mol. The second-order valence-corrected chi connectivity index (χ2v) is 13.9. The summed E-state index contributed by atoms with van der Waals surface area (Å²) in [6.07, 6.45) is 3.17. The van der Waals surface area contributed by atoms with Crippen molar-refractivity contribution in [1.82, 2.24) is 0 Å². The fourth-order valence-corrected chi connectivity index (χ4v) is 5.25. The molecule has 1 aliphatic rings. The van der Waals surface area contributed by atoms with Crippen molar-refractivity contribution < 1.29 is 0 Å². The summed E-state index contributed by atoms with van der Waals surface area (Å²) in [5, 5.41) is 19.5. The zero-order valence-electron chi connectivity index (χ0n) is 15.7. The molecule has 2 nitrogen and oxygen atoms in total. The number of benzene rings is 2. The van der Waals surface area contributed by atoms with E-state index in [2.05, 4.69) is 56.0 Å². The van der Waals surface area contributed by atoms with Crippen LogP contribution in [0, 0.1) is 22.7 Å². The van der Waals surface area contributed by atoms with E-state index in [9.17, 15) is 10.5 Å². The summed E-state index contributed by atoms with van der Waals surface area (Å²) >= 11 is 0. The van der Waals surface area contributed by atoms with Crippen molar-refractivity contribution in [2.75, 3.05) is 0 Å². The highest BCUT2D eigenvalue weighted by Gasteiger charge is 2.37. The largest absolute Gasteiger partial charge is 0.197 e. The molecule has 1 atom stereocenters. The van der Waals surface area contributed by atoms with Crippen molar-refractivity contribution >= 4 is 13.6 Å². The average Bonchev–Trinajstić information content (AvgIpc) is 2.62. The SMILES string of the molecule is C[Si](C)(C)Cc1ccc(CC2(C#N)CC=C(C#N)c3ccccc32)cc1. The molecule has 0 saturated heterocycles. The summed E-state index contributed by atoms with van der Waals surface area (Å²) in [6.45, 7) is 7.14. The zero-order chi connectivity index (χ0) is 18.8. The predicted octanol–water partition coefficient (Wildman–Crippen LogP) is 5.42. The lowest BCUT2D eigenvalue weighted by Crippen LogP contribution is -2.30. The van der Waals surface area contributed by atoms with Gasteiger partial charge in [-0.2, -0.15) is 10.5 Å². The molecule has 0 heterocycles. The van der Waals surface area contributed by atoms with Gasteiger partial charge in [-0.15, -0.1) is 0 Å². The summed E-state index contributed by atoms with van der Waals surface area (Å²) in [5.41, 5.74) is 4.52. The van der Waals surface area contributed by atoms with Gasteiger partial charge in [0.2, 0.25) is 0 Å². The average molecular weight is 357 g/mol. The van der Waals surface area contributed by atoms with Crippen LogP contribution in [0.25, 0.3) is 5.57 Å². The molecule has 0 radical (unpaired) electrons. The standard InChI is InChI=1S/C23H24N2Si/c1-26(2,3)16-19-10-8-18(9-11-19)14-23(17-25)13-12-20(15-24)21-6-4-5-7-22(21)23/h4-12H,13-14,16H2,1-3H3. The lowest BCUT2D eigenvalue weighted by atomic mass is 9.68. The van der Waals surface area contributed by atoms with E-state index in [-0.39, 0.29) is 0 Å². The Morgan fingerprint density at radius 2 is 1.62 bits per heavy atom. The van der Waals surface area contributed by atoms with Gasteiger partial charge in [0.1, 0.15) is 0 Å². The van der Waals surface area contributed by atoms with Gasteiger partial charge >= 0.3 is 0 Å². The van der Waals surface area contributed by atoms with E-state index < -0.39 is 13.5 Å². The molecule has 1 aliphatic carbocycles. The number of hydrogen-bond donors (Lipinski definition) is 0. The first-order valence-electron chi connectivity index (χ1n) is 9.06. The van der Waals surface area contributed by atoms with Crippen molar-refractivity contribution in [3.63, 3.8) is 0 Å². The van der Waals surface area contributed by atoms with Crippen LogP contribution in [0.3, 0.4) is 0 Å². The van der Waals surface area contributed by atoms with Gasteiger partial charge < -0.3 is 0 Å². The fourth-order valence-electron chi connectivity index (χ4n) is 3.79. The number of fused-ring (bicyclic) bond motifs is 1. The summed E-state index contributed by atoms with van der Waals surface area (Å²) in [5.74, 6) is 0. The molecule has 2 aromatic carbocycles. The third-order valence-electron chi connectivity index (χ3n) is 4.99. The van der Waals surface area contributed by atoms with Gasteiger partial charge in [-0.25, -0.2) is 0 Å². The van der Waals surface area contributed by atoms with Gasteiger partial charge in [0, 0.05) is 8.07 Å². The van der Waals surface area contributed by atoms with Gasteiger partial charge in [-0.1, -0.05) is 79.8 Å². The molecule has 1 unspecified atom stereocenters. The van der Waals surface area contributed by atoms with Crippen LogP contribution in [0.15, 0.2) is 54.6 Å². The van der Waals surface area contributed by atoms with Crippen molar-refractivity contribution in [1.29, 1.82) is 10.5 Å². The second kappa shape index (κ2) is 6.94. The van der Waals surface area contributed by atoms with E-state index in [1.165, 1.54) is 17.2 Å². The number of hydrogen-bond acceptors (Lipinski definition) is 2. The molecule has 0 spiro atoms. The summed E-state index contributed by atoms with van der Waals surface area (Å²) in [7, 11) is -1.13. The number of rotatable bonds is 4. The fraction of sp³-hybridized carbons (Fsp3) is 0.304. The quantitative estimate of drug-likeness (QED) is 0.687. The Balaban J connectivity index is 1.92. The van der Waals surface area contributed by atoms with Crippen molar-refractivity contribution in [2.45, 2.75) is 43.9 Å². The number of allylic oxidation sites excluding steroid dienone is 2. The zero-order valence-corrected chi connectivity index (χ0v) is 16.7. The molecular formula is C23H24N2Si. The van der Waals surface area contributed by atoms with E-state index in [4.69, 9.17) is 0 Å². The lowest BCUT2D eigenvalue weighted by molar-refractivity contribution is 0.546. The van der Waals surface area contributed by atoms with Crippen LogP contribution in [-0.4, -0.2) is 8.07 Å². The first-order chi connectivity index (χ1) is 12.4. The molecule has 3 heteroatoms. The molecular weight excluding hydrogens is 332 g/mol. The van der Waals surface area contributed by atoms with Gasteiger partial charge in [0.05, 0.1) is 23.1 Å². The minimum atomic E-state index is -1.13. The highest BCUT2D eigenvalue weighted by Crippen LogP contribution is 2.41. The first kappa shape index (κ1) is 18.2. The maximum Gasteiger partial charge on any atom is 0.0994 e. The van der Waals surface area contributed by atoms with Crippen LogP contribution < -0.4 is 0 Å². The minimum absolute atomic E-state index is 0.583. The van der Waals surface area contributed by atoms with Crippen LogP contribution in [0.1, 0.15) is 28.7 Å².